The zero-order chi connectivity index (χ0) is 18.1. The van der Waals surface area contributed by atoms with Crippen molar-refractivity contribution in [3.63, 3.8) is 0 Å². The van der Waals surface area contributed by atoms with E-state index in [0.717, 1.165) is 6.54 Å². The minimum atomic E-state index is -0.879. The van der Waals surface area contributed by atoms with Crippen LogP contribution in [0.3, 0.4) is 0 Å². The zero-order valence-corrected chi connectivity index (χ0v) is 16.7. The number of benzene rings is 1. The molecule has 1 aromatic rings. The number of carboxylic acid groups (broad SMARTS) is 1. The summed E-state index contributed by atoms with van der Waals surface area (Å²) in [6.45, 7) is 8.02. The lowest BCUT2D eigenvalue weighted by atomic mass is 9.70. The Kier molecular flexibility index (Phi) is 7.08. The van der Waals surface area contributed by atoms with Gasteiger partial charge < -0.3 is 15.1 Å². The van der Waals surface area contributed by atoms with Crippen molar-refractivity contribution in [3.8, 4) is 0 Å². The fourth-order valence-electron chi connectivity index (χ4n) is 4.76. The van der Waals surface area contributed by atoms with Crippen LogP contribution in [0.4, 0.5) is 0 Å². The van der Waals surface area contributed by atoms with Crippen molar-refractivity contribution in [2.45, 2.75) is 39.7 Å². The number of fused-ring (bicyclic) bond motifs is 2. The Bertz CT molecular complexity index is 576. The molecule has 2 aliphatic rings. The van der Waals surface area contributed by atoms with Gasteiger partial charge in [0.05, 0.1) is 11.7 Å². The fourth-order valence-corrected chi connectivity index (χ4v) is 4.76. The summed E-state index contributed by atoms with van der Waals surface area (Å²) in [5.74, 6) is 0.309. The Morgan fingerprint density at radius 2 is 1.76 bits per heavy atom. The number of carboxylic acids is 1. The van der Waals surface area contributed by atoms with Crippen LogP contribution < -0.4 is 0 Å². The molecule has 2 N–H and O–H groups in total. The molecule has 142 valence electrons. The first-order chi connectivity index (χ1) is 11.1. The maximum absolute atomic E-state index is 10.5. The van der Waals surface area contributed by atoms with E-state index in [0.29, 0.717) is 22.8 Å². The van der Waals surface area contributed by atoms with E-state index in [9.17, 15) is 9.90 Å². The summed E-state index contributed by atoms with van der Waals surface area (Å²) in [7, 11) is 4.21. The SMILES string of the molecule is CN(C)CC1C2CCC(C)(C1O)C2(C)C.Cl.O=C(O)c1ccccc1. The Hall–Kier alpha value is -1.10. The maximum atomic E-state index is 10.5. The van der Waals surface area contributed by atoms with Crippen molar-refractivity contribution in [1.29, 1.82) is 0 Å². The first kappa shape index (κ1) is 21.9. The Balaban J connectivity index is 0.000000270. The number of carbonyl (C=O) groups is 1. The van der Waals surface area contributed by atoms with Crippen molar-refractivity contribution >= 4 is 18.4 Å². The van der Waals surface area contributed by atoms with Crippen LogP contribution in [0, 0.1) is 22.7 Å². The van der Waals surface area contributed by atoms with Crippen LogP contribution in [0.1, 0.15) is 44.0 Å². The topological polar surface area (TPSA) is 60.8 Å². The van der Waals surface area contributed by atoms with E-state index in [1.165, 1.54) is 12.8 Å². The summed E-state index contributed by atoms with van der Waals surface area (Å²) in [4.78, 5) is 12.4. The standard InChI is InChI=1S/C13H25NO.C7H6O2.ClH/c1-12(2)10-6-7-13(12,3)11(15)9(10)8-14(4)5;8-7(9)6-4-2-1-3-5-6;/h9-11,15H,6-8H2,1-5H3;1-5H,(H,8,9);1H. The summed E-state index contributed by atoms with van der Waals surface area (Å²) >= 11 is 0. The molecular weight excluding hydrogens is 338 g/mol. The van der Waals surface area contributed by atoms with Crippen molar-refractivity contribution in [2.24, 2.45) is 22.7 Å². The van der Waals surface area contributed by atoms with E-state index in [1.807, 2.05) is 0 Å². The van der Waals surface area contributed by atoms with Gasteiger partial charge in [0.25, 0.3) is 0 Å². The van der Waals surface area contributed by atoms with Crippen LogP contribution in [0.15, 0.2) is 30.3 Å². The molecule has 0 heterocycles. The average Bonchev–Trinajstić information content (AvgIpc) is 2.82. The Morgan fingerprint density at radius 3 is 2.12 bits per heavy atom. The maximum Gasteiger partial charge on any atom is 0.335 e. The molecule has 4 nitrogen and oxygen atoms in total. The van der Waals surface area contributed by atoms with E-state index in [4.69, 9.17) is 5.11 Å². The molecule has 2 fully saturated rings. The highest BCUT2D eigenvalue weighted by atomic mass is 35.5. The number of hydrogen-bond donors (Lipinski definition) is 2. The second-order valence-electron chi connectivity index (χ2n) is 8.33. The number of hydrogen-bond acceptors (Lipinski definition) is 3. The smallest absolute Gasteiger partial charge is 0.335 e. The van der Waals surface area contributed by atoms with Gasteiger partial charge in [0, 0.05) is 12.5 Å². The minimum absolute atomic E-state index is 0. The van der Waals surface area contributed by atoms with Gasteiger partial charge in [-0.1, -0.05) is 39.0 Å². The van der Waals surface area contributed by atoms with Gasteiger partial charge in [-0.05, 0) is 55.8 Å². The second-order valence-corrected chi connectivity index (χ2v) is 8.33. The van der Waals surface area contributed by atoms with E-state index >= 15 is 0 Å². The molecule has 2 saturated carbocycles. The number of aliphatic hydroxyl groups excluding tert-OH is 1. The third-order valence-corrected chi connectivity index (χ3v) is 6.55. The summed E-state index contributed by atoms with van der Waals surface area (Å²) in [5.41, 5.74) is 0.795. The molecule has 25 heavy (non-hydrogen) atoms. The summed E-state index contributed by atoms with van der Waals surface area (Å²) in [6, 6.07) is 8.30. The number of rotatable bonds is 3. The molecule has 0 aromatic heterocycles. The summed E-state index contributed by atoms with van der Waals surface area (Å²) < 4.78 is 0. The lowest BCUT2D eigenvalue weighted by molar-refractivity contribution is -0.0153. The molecule has 3 rings (SSSR count). The van der Waals surface area contributed by atoms with Crippen LogP contribution in [-0.2, 0) is 0 Å². The molecule has 5 heteroatoms. The number of halogens is 1. The van der Waals surface area contributed by atoms with Crippen molar-refractivity contribution in [3.05, 3.63) is 35.9 Å². The lowest BCUT2D eigenvalue weighted by Gasteiger charge is -2.37. The monoisotopic (exact) mass is 369 g/mol. The third kappa shape index (κ3) is 4.02. The molecule has 0 amide bonds. The van der Waals surface area contributed by atoms with Crippen LogP contribution >= 0.6 is 12.4 Å². The lowest BCUT2D eigenvalue weighted by Crippen LogP contribution is -2.40. The summed E-state index contributed by atoms with van der Waals surface area (Å²) in [6.07, 6.45) is 2.41. The Morgan fingerprint density at radius 1 is 1.20 bits per heavy atom. The summed E-state index contributed by atoms with van der Waals surface area (Å²) in [5, 5.41) is 18.9. The first-order valence-electron chi connectivity index (χ1n) is 8.72. The number of aromatic carboxylic acids is 1. The normalized spacial score (nSPS) is 31.9. The predicted octanol–water partition coefficient (Wildman–Crippen LogP) is 3.79. The molecule has 0 radical (unpaired) electrons. The predicted molar refractivity (Wildman–Crippen MR) is 103 cm³/mol. The highest BCUT2D eigenvalue weighted by Crippen LogP contribution is 2.67. The van der Waals surface area contributed by atoms with Gasteiger partial charge in [0.1, 0.15) is 0 Å². The van der Waals surface area contributed by atoms with Crippen molar-refractivity contribution in [1.82, 2.24) is 4.90 Å². The third-order valence-electron chi connectivity index (χ3n) is 6.55. The van der Waals surface area contributed by atoms with E-state index in [-0.39, 0.29) is 23.9 Å². The van der Waals surface area contributed by atoms with Crippen LogP contribution in [-0.4, -0.2) is 47.8 Å². The molecular formula is C20H32ClNO3. The molecule has 0 spiro atoms. The highest BCUT2D eigenvalue weighted by Gasteiger charge is 2.65. The van der Waals surface area contributed by atoms with Gasteiger partial charge in [0.15, 0.2) is 0 Å². The fraction of sp³-hybridized carbons (Fsp3) is 0.650. The van der Waals surface area contributed by atoms with Gasteiger partial charge in [0.2, 0.25) is 0 Å². The quantitative estimate of drug-likeness (QED) is 0.851. The average molecular weight is 370 g/mol. The van der Waals surface area contributed by atoms with E-state index in [2.05, 4.69) is 39.8 Å². The number of aliphatic hydroxyl groups is 1. The largest absolute Gasteiger partial charge is 0.478 e. The number of nitrogens with zero attached hydrogens (tertiary/aromatic N) is 1. The van der Waals surface area contributed by atoms with Crippen LogP contribution in [0.2, 0.25) is 0 Å². The van der Waals surface area contributed by atoms with Crippen LogP contribution in [0.25, 0.3) is 0 Å². The minimum Gasteiger partial charge on any atom is -0.478 e. The molecule has 0 aliphatic heterocycles. The zero-order valence-electron chi connectivity index (χ0n) is 15.9. The van der Waals surface area contributed by atoms with Gasteiger partial charge in [-0.25, -0.2) is 4.79 Å². The van der Waals surface area contributed by atoms with Crippen molar-refractivity contribution < 1.29 is 15.0 Å². The van der Waals surface area contributed by atoms with Crippen LogP contribution in [0.5, 0.6) is 0 Å². The first-order valence-corrected chi connectivity index (χ1v) is 8.72. The van der Waals surface area contributed by atoms with Gasteiger partial charge in [-0.3, -0.25) is 0 Å². The van der Waals surface area contributed by atoms with E-state index in [1.54, 1.807) is 30.3 Å². The Labute approximate surface area is 157 Å². The van der Waals surface area contributed by atoms with Crippen molar-refractivity contribution in [2.75, 3.05) is 20.6 Å². The second kappa shape index (κ2) is 8.07. The highest BCUT2D eigenvalue weighted by molar-refractivity contribution is 5.87. The molecule has 2 bridgehead atoms. The van der Waals surface area contributed by atoms with Gasteiger partial charge in [-0.15, -0.1) is 12.4 Å². The molecule has 2 aliphatic carbocycles. The molecule has 0 saturated heterocycles. The van der Waals surface area contributed by atoms with Gasteiger partial charge >= 0.3 is 5.97 Å². The molecule has 4 unspecified atom stereocenters. The van der Waals surface area contributed by atoms with Gasteiger partial charge in [-0.2, -0.15) is 0 Å². The molecule has 4 atom stereocenters. The van der Waals surface area contributed by atoms with E-state index < -0.39 is 5.97 Å². The molecule has 1 aromatic carbocycles.